The van der Waals surface area contributed by atoms with Crippen molar-refractivity contribution < 1.29 is 27.4 Å². The molecule has 1 aromatic carbocycles. The SMILES string of the molecule is CCC1CCC(Oc2ccc3nc(NC4C5CCCC4CC(C(=O)OC)C5)ccc3c2C(F)(F)F)CC1. The molecule has 0 aliphatic heterocycles. The van der Waals surface area contributed by atoms with Gasteiger partial charge in [0.15, 0.2) is 0 Å². The molecule has 5 rings (SSSR count). The molecule has 0 radical (unpaired) electrons. The highest BCUT2D eigenvalue weighted by Crippen LogP contribution is 2.45. The van der Waals surface area contributed by atoms with E-state index in [1.165, 1.54) is 19.2 Å². The maximum atomic E-state index is 14.2. The highest BCUT2D eigenvalue weighted by molar-refractivity contribution is 5.86. The fourth-order valence-corrected chi connectivity index (χ4v) is 7.00. The van der Waals surface area contributed by atoms with Gasteiger partial charge < -0.3 is 14.8 Å². The molecule has 0 spiro atoms. The number of nitrogens with one attached hydrogen (secondary N) is 1. The molecule has 2 bridgehead atoms. The third-order valence-corrected chi connectivity index (χ3v) is 8.97. The maximum Gasteiger partial charge on any atom is 0.420 e. The van der Waals surface area contributed by atoms with E-state index in [4.69, 9.17) is 9.47 Å². The number of anilines is 1. The van der Waals surface area contributed by atoms with Gasteiger partial charge in [-0.05, 0) is 93.4 Å². The molecule has 8 heteroatoms. The van der Waals surface area contributed by atoms with Gasteiger partial charge in [-0.2, -0.15) is 13.2 Å². The molecule has 1 aromatic heterocycles. The molecule has 3 fully saturated rings. The van der Waals surface area contributed by atoms with Crippen molar-refractivity contribution in [2.45, 2.75) is 89.5 Å². The number of fused-ring (bicyclic) bond motifs is 3. The molecule has 0 amide bonds. The molecule has 3 aliphatic rings. The lowest BCUT2D eigenvalue weighted by Gasteiger charge is -2.45. The Morgan fingerprint density at radius 1 is 1.03 bits per heavy atom. The molecule has 0 saturated heterocycles. The predicted octanol–water partition coefficient (Wildman–Crippen LogP) is 7.38. The molecule has 2 atom stereocenters. The Bertz CT molecular complexity index is 1100. The molecule has 2 unspecified atom stereocenters. The highest BCUT2D eigenvalue weighted by Gasteiger charge is 2.43. The van der Waals surface area contributed by atoms with Crippen LogP contribution in [0, 0.1) is 23.7 Å². The first-order chi connectivity index (χ1) is 17.8. The topological polar surface area (TPSA) is 60.5 Å². The zero-order chi connectivity index (χ0) is 26.2. The minimum Gasteiger partial charge on any atom is -0.490 e. The van der Waals surface area contributed by atoms with Crippen molar-refractivity contribution in [3.05, 3.63) is 29.8 Å². The van der Waals surface area contributed by atoms with Crippen molar-refractivity contribution in [1.82, 2.24) is 4.98 Å². The molecule has 3 saturated carbocycles. The quantitative estimate of drug-likeness (QED) is 0.404. The van der Waals surface area contributed by atoms with Crippen LogP contribution in [0.4, 0.5) is 19.0 Å². The Hall–Kier alpha value is -2.51. The van der Waals surface area contributed by atoms with Crippen LogP contribution in [0.1, 0.15) is 76.7 Å². The van der Waals surface area contributed by atoms with E-state index < -0.39 is 11.7 Å². The molecule has 202 valence electrons. The number of nitrogens with zero attached hydrogens (tertiary/aromatic N) is 1. The Balaban J connectivity index is 1.37. The number of carbonyl (C=O) groups is 1. The summed E-state index contributed by atoms with van der Waals surface area (Å²) >= 11 is 0. The first-order valence-electron chi connectivity index (χ1n) is 13.8. The normalized spacial score (nSPS) is 30.1. The Morgan fingerprint density at radius 3 is 2.35 bits per heavy atom. The fraction of sp³-hybridized carbons (Fsp3) is 0.655. The number of alkyl halides is 3. The van der Waals surface area contributed by atoms with Crippen LogP contribution in [-0.4, -0.2) is 30.2 Å². The van der Waals surface area contributed by atoms with Crippen molar-refractivity contribution >= 4 is 22.7 Å². The second-order valence-electron chi connectivity index (χ2n) is 11.2. The number of hydrogen-bond donors (Lipinski definition) is 1. The van der Waals surface area contributed by atoms with E-state index in [2.05, 4.69) is 17.2 Å². The standard InChI is InChI=1S/C29H37F3N2O3/c1-3-17-7-9-21(10-8-17)37-24-13-12-23-22(26(24)29(30,31)32)11-14-25(33-23)34-27-18-5-4-6-19(27)16-20(15-18)28(35)36-2/h11-14,17-21,27H,3-10,15-16H2,1-2H3,(H,33,34). The zero-order valence-electron chi connectivity index (χ0n) is 21.7. The van der Waals surface area contributed by atoms with Crippen molar-refractivity contribution in [3.8, 4) is 5.75 Å². The monoisotopic (exact) mass is 518 g/mol. The van der Waals surface area contributed by atoms with Gasteiger partial charge in [0.05, 0.1) is 24.6 Å². The summed E-state index contributed by atoms with van der Waals surface area (Å²) in [6.45, 7) is 2.16. The van der Waals surface area contributed by atoms with Gasteiger partial charge in [0, 0.05) is 11.4 Å². The lowest BCUT2D eigenvalue weighted by atomic mass is 9.64. The number of ether oxygens (including phenoxy) is 2. The molecule has 37 heavy (non-hydrogen) atoms. The van der Waals surface area contributed by atoms with Gasteiger partial charge in [-0.3, -0.25) is 4.79 Å². The van der Waals surface area contributed by atoms with Gasteiger partial charge in [-0.1, -0.05) is 19.8 Å². The van der Waals surface area contributed by atoms with Crippen LogP contribution >= 0.6 is 0 Å². The average Bonchev–Trinajstić information content (AvgIpc) is 2.87. The van der Waals surface area contributed by atoms with Crippen LogP contribution in [0.15, 0.2) is 24.3 Å². The first-order valence-corrected chi connectivity index (χ1v) is 13.8. The zero-order valence-corrected chi connectivity index (χ0v) is 21.7. The summed E-state index contributed by atoms with van der Waals surface area (Å²) in [5.74, 6) is 1.53. The number of benzene rings is 1. The minimum atomic E-state index is -4.55. The summed E-state index contributed by atoms with van der Waals surface area (Å²) in [6.07, 6.45) is 4.66. The van der Waals surface area contributed by atoms with Gasteiger partial charge >= 0.3 is 12.1 Å². The number of hydrogen-bond acceptors (Lipinski definition) is 5. The number of methoxy groups -OCH3 is 1. The molecule has 5 nitrogen and oxygen atoms in total. The smallest absolute Gasteiger partial charge is 0.420 e. The molecule has 2 aromatic rings. The molecule has 1 N–H and O–H groups in total. The summed E-state index contributed by atoms with van der Waals surface area (Å²) in [7, 11) is 1.43. The van der Waals surface area contributed by atoms with E-state index in [9.17, 15) is 18.0 Å². The predicted molar refractivity (Wildman–Crippen MR) is 136 cm³/mol. The number of esters is 1. The minimum absolute atomic E-state index is 0.0624. The highest BCUT2D eigenvalue weighted by atomic mass is 19.4. The van der Waals surface area contributed by atoms with E-state index in [-0.39, 0.29) is 35.2 Å². The van der Waals surface area contributed by atoms with Crippen LogP contribution in [0.5, 0.6) is 5.75 Å². The van der Waals surface area contributed by atoms with E-state index in [0.717, 1.165) is 64.2 Å². The number of aromatic nitrogens is 1. The second kappa shape index (κ2) is 10.7. The molecule has 1 heterocycles. The molecule has 3 aliphatic carbocycles. The lowest BCUT2D eigenvalue weighted by molar-refractivity contribution is -0.148. The van der Waals surface area contributed by atoms with E-state index in [1.54, 1.807) is 12.1 Å². The van der Waals surface area contributed by atoms with Crippen LogP contribution in [-0.2, 0) is 15.7 Å². The van der Waals surface area contributed by atoms with Crippen molar-refractivity contribution in [2.24, 2.45) is 23.7 Å². The van der Waals surface area contributed by atoms with Gasteiger partial charge in [-0.25, -0.2) is 4.98 Å². The fourth-order valence-electron chi connectivity index (χ4n) is 7.00. The third kappa shape index (κ3) is 5.53. The Morgan fingerprint density at radius 2 is 1.73 bits per heavy atom. The van der Waals surface area contributed by atoms with Crippen molar-refractivity contribution in [2.75, 3.05) is 12.4 Å². The Kier molecular flexibility index (Phi) is 7.55. The molecular formula is C29H37F3N2O3. The van der Waals surface area contributed by atoms with Crippen molar-refractivity contribution in [1.29, 1.82) is 0 Å². The largest absolute Gasteiger partial charge is 0.490 e. The van der Waals surface area contributed by atoms with Crippen LogP contribution in [0.2, 0.25) is 0 Å². The second-order valence-corrected chi connectivity index (χ2v) is 11.2. The van der Waals surface area contributed by atoms with Gasteiger partial charge in [0.25, 0.3) is 0 Å². The number of carbonyl (C=O) groups excluding carboxylic acids is 1. The van der Waals surface area contributed by atoms with Crippen molar-refractivity contribution in [3.63, 3.8) is 0 Å². The number of pyridine rings is 1. The van der Waals surface area contributed by atoms with Crippen LogP contribution < -0.4 is 10.1 Å². The first kappa shape index (κ1) is 26.1. The summed E-state index contributed by atoms with van der Waals surface area (Å²) in [6, 6.07) is 6.39. The third-order valence-electron chi connectivity index (χ3n) is 8.97. The van der Waals surface area contributed by atoms with Gasteiger partial charge in [0.1, 0.15) is 17.1 Å². The maximum absolute atomic E-state index is 14.2. The number of rotatable bonds is 6. The lowest BCUT2D eigenvalue weighted by Crippen LogP contribution is -2.46. The summed E-state index contributed by atoms with van der Waals surface area (Å²) in [5, 5.41) is 3.59. The molecular weight excluding hydrogens is 481 g/mol. The van der Waals surface area contributed by atoms with E-state index >= 15 is 0 Å². The Labute approximate surface area is 216 Å². The summed E-state index contributed by atoms with van der Waals surface area (Å²) in [5.41, 5.74) is -0.440. The van der Waals surface area contributed by atoms with E-state index in [0.29, 0.717) is 29.1 Å². The van der Waals surface area contributed by atoms with Gasteiger partial charge in [-0.15, -0.1) is 0 Å². The van der Waals surface area contributed by atoms with Crippen LogP contribution in [0.3, 0.4) is 0 Å². The number of halogens is 3. The average molecular weight is 519 g/mol. The summed E-state index contributed by atoms with van der Waals surface area (Å²) in [4.78, 5) is 16.7. The van der Waals surface area contributed by atoms with Crippen LogP contribution in [0.25, 0.3) is 10.9 Å². The van der Waals surface area contributed by atoms with E-state index in [1.807, 2.05) is 0 Å². The van der Waals surface area contributed by atoms with Gasteiger partial charge in [0.2, 0.25) is 0 Å². The summed E-state index contributed by atoms with van der Waals surface area (Å²) < 4.78 is 53.7.